The van der Waals surface area contributed by atoms with Gasteiger partial charge >= 0.3 is 0 Å². The normalized spacial score (nSPS) is 18.3. The first-order valence-electron chi connectivity index (χ1n) is 11.9. The van der Waals surface area contributed by atoms with Crippen LogP contribution in [0.1, 0.15) is 54.9 Å². The second kappa shape index (κ2) is 8.74. The molecule has 1 unspecified atom stereocenters. The van der Waals surface area contributed by atoms with Gasteiger partial charge in [-0.2, -0.15) is 0 Å². The van der Waals surface area contributed by atoms with Gasteiger partial charge in [0.15, 0.2) is 11.6 Å². The SMILES string of the molecule is CN1C(=O)CCC1COc1c(-c2cn(C)c(=O)c3[nH]c(C(=O)NC4CC4)cc23)sc(C(C)(C)O)c1F. The fourth-order valence-corrected chi connectivity index (χ4v) is 5.61. The van der Waals surface area contributed by atoms with Gasteiger partial charge in [0.25, 0.3) is 11.5 Å². The number of aromatic nitrogens is 2. The van der Waals surface area contributed by atoms with Gasteiger partial charge in [-0.15, -0.1) is 11.3 Å². The summed E-state index contributed by atoms with van der Waals surface area (Å²) in [6, 6.07) is 1.55. The van der Waals surface area contributed by atoms with Crippen molar-refractivity contribution in [1.29, 1.82) is 0 Å². The number of thiophene rings is 1. The van der Waals surface area contributed by atoms with Crippen molar-refractivity contribution in [3.8, 4) is 16.2 Å². The number of H-pyrrole nitrogens is 1. The van der Waals surface area contributed by atoms with E-state index >= 15 is 4.39 Å². The first-order valence-corrected chi connectivity index (χ1v) is 12.7. The molecule has 1 saturated heterocycles. The summed E-state index contributed by atoms with van der Waals surface area (Å²) in [6.45, 7) is 3.07. The number of nitrogens with one attached hydrogen (secondary N) is 2. The number of likely N-dealkylation sites (N-methyl/N-ethyl adjacent to an activating group) is 1. The Morgan fingerprint density at radius 2 is 2.03 bits per heavy atom. The Morgan fingerprint density at radius 3 is 2.64 bits per heavy atom. The van der Waals surface area contributed by atoms with E-state index in [4.69, 9.17) is 4.74 Å². The molecule has 3 N–H and O–H groups in total. The van der Waals surface area contributed by atoms with Crippen LogP contribution in [0.4, 0.5) is 4.39 Å². The molecule has 4 heterocycles. The Hall–Kier alpha value is -3.18. The van der Waals surface area contributed by atoms with E-state index in [-0.39, 0.29) is 57.9 Å². The Morgan fingerprint density at radius 1 is 1.31 bits per heavy atom. The smallest absolute Gasteiger partial charge is 0.274 e. The first-order chi connectivity index (χ1) is 17.0. The highest BCUT2D eigenvalue weighted by atomic mass is 32.1. The molecule has 0 aromatic carbocycles. The maximum absolute atomic E-state index is 15.7. The van der Waals surface area contributed by atoms with Gasteiger partial charge < -0.3 is 29.6 Å². The van der Waals surface area contributed by atoms with Crippen molar-refractivity contribution in [2.75, 3.05) is 13.7 Å². The highest BCUT2D eigenvalue weighted by molar-refractivity contribution is 7.16. The monoisotopic (exact) mass is 516 g/mol. The van der Waals surface area contributed by atoms with Gasteiger partial charge in [-0.1, -0.05) is 0 Å². The lowest BCUT2D eigenvalue weighted by atomic mass is 10.1. The Kier molecular flexibility index (Phi) is 5.95. The molecule has 0 spiro atoms. The summed E-state index contributed by atoms with van der Waals surface area (Å²) in [7, 11) is 3.28. The van der Waals surface area contributed by atoms with Crippen LogP contribution >= 0.6 is 11.3 Å². The second-order valence-electron chi connectivity index (χ2n) is 10.1. The van der Waals surface area contributed by atoms with Crippen molar-refractivity contribution >= 4 is 34.1 Å². The number of ether oxygens (including phenoxy) is 1. The molecular formula is C25H29FN4O5S. The number of fused-ring (bicyclic) bond motifs is 1. The van der Waals surface area contributed by atoms with Crippen molar-refractivity contribution in [3.63, 3.8) is 0 Å². The van der Waals surface area contributed by atoms with E-state index in [9.17, 15) is 19.5 Å². The molecular weight excluding hydrogens is 487 g/mol. The molecule has 3 aromatic rings. The third-order valence-electron chi connectivity index (χ3n) is 6.78. The van der Waals surface area contributed by atoms with Crippen LogP contribution in [0.5, 0.6) is 5.75 Å². The highest BCUT2D eigenvalue weighted by Crippen LogP contribution is 2.47. The average Bonchev–Trinajstić information content (AvgIpc) is 3.26. The zero-order valence-corrected chi connectivity index (χ0v) is 21.4. The molecule has 1 saturated carbocycles. The predicted molar refractivity (Wildman–Crippen MR) is 134 cm³/mol. The molecule has 0 radical (unpaired) electrons. The Bertz CT molecular complexity index is 1430. The van der Waals surface area contributed by atoms with Crippen LogP contribution in [0.3, 0.4) is 0 Å². The Balaban J connectivity index is 1.62. The van der Waals surface area contributed by atoms with E-state index in [0.29, 0.717) is 28.7 Å². The summed E-state index contributed by atoms with van der Waals surface area (Å²) < 4.78 is 23.0. The molecule has 1 aliphatic carbocycles. The number of aryl methyl sites for hydroxylation is 1. The number of nitrogens with zero attached hydrogens (tertiary/aromatic N) is 2. The predicted octanol–water partition coefficient (Wildman–Crippen LogP) is 2.85. The van der Waals surface area contributed by atoms with Crippen LogP contribution in [-0.2, 0) is 17.4 Å². The lowest BCUT2D eigenvalue weighted by molar-refractivity contribution is -0.127. The van der Waals surface area contributed by atoms with E-state index in [1.807, 2.05) is 0 Å². The third kappa shape index (κ3) is 4.30. The molecule has 2 amide bonds. The summed E-state index contributed by atoms with van der Waals surface area (Å²) in [4.78, 5) is 42.5. The number of carbonyl (C=O) groups is 2. The molecule has 3 aromatic heterocycles. The minimum absolute atomic E-state index is 0.0101. The largest absolute Gasteiger partial charge is 0.487 e. The second-order valence-corrected chi connectivity index (χ2v) is 11.2. The fourth-order valence-electron chi connectivity index (χ4n) is 4.46. The van der Waals surface area contributed by atoms with Crippen LogP contribution in [-0.4, -0.2) is 57.1 Å². The zero-order valence-electron chi connectivity index (χ0n) is 20.6. The average molecular weight is 517 g/mol. The van der Waals surface area contributed by atoms with Crippen LogP contribution in [0, 0.1) is 5.82 Å². The molecule has 192 valence electrons. The zero-order chi connectivity index (χ0) is 25.9. The molecule has 2 aliphatic rings. The number of amides is 2. The summed E-state index contributed by atoms with van der Waals surface area (Å²) in [5.74, 6) is -1.02. The number of aliphatic hydroxyl groups is 1. The molecule has 1 atom stereocenters. The maximum Gasteiger partial charge on any atom is 0.274 e. The summed E-state index contributed by atoms with van der Waals surface area (Å²) >= 11 is 1.04. The van der Waals surface area contributed by atoms with Gasteiger partial charge in [0.2, 0.25) is 5.91 Å². The number of rotatable bonds is 7. The molecule has 5 rings (SSSR count). The Labute approximate surface area is 210 Å². The van der Waals surface area contributed by atoms with Crippen molar-refractivity contribution < 1.29 is 23.8 Å². The minimum Gasteiger partial charge on any atom is -0.487 e. The van der Waals surface area contributed by atoms with Gasteiger partial charge in [0.05, 0.1) is 21.4 Å². The molecule has 36 heavy (non-hydrogen) atoms. The summed E-state index contributed by atoms with van der Waals surface area (Å²) in [6.07, 6.45) is 4.45. The van der Waals surface area contributed by atoms with Crippen molar-refractivity contribution in [2.45, 2.75) is 57.2 Å². The van der Waals surface area contributed by atoms with E-state index < -0.39 is 11.4 Å². The lowest BCUT2D eigenvalue weighted by Crippen LogP contribution is -2.33. The van der Waals surface area contributed by atoms with E-state index in [2.05, 4.69) is 10.3 Å². The number of carbonyl (C=O) groups excluding carboxylic acids is 2. The molecule has 1 aliphatic heterocycles. The summed E-state index contributed by atoms with van der Waals surface area (Å²) in [5.41, 5.74) is -0.832. The number of pyridine rings is 1. The fraction of sp³-hybridized carbons (Fsp3) is 0.480. The number of hydrogen-bond donors (Lipinski definition) is 3. The van der Waals surface area contributed by atoms with Gasteiger partial charge in [-0.05, 0) is 39.2 Å². The van der Waals surface area contributed by atoms with Gasteiger partial charge in [-0.25, -0.2) is 4.39 Å². The lowest BCUT2D eigenvalue weighted by Gasteiger charge is -2.20. The molecule has 2 fully saturated rings. The van der Waals surface area contributed by atoms with Gasteiger partial charge in [0, 0.05) is 43.7 Å². The van der Waals surface area contributed by atoms with Gasteiger partial charge in [-0.3, -0.25) is 14.4 Å². The van der Waals surface area contributed by atoms with Crippen LogP contribution in [0.25, 0.3) is 21.3 Å². The van der Waals surface area contributed by atoms with Crippen molar-refractivity contribution in [2.24, 2.45) is 7.05 Å². The van der Waals surface area contributed by atoms with Gasteiger partial charge in [0.1, 0.15) is 17.8 Å². The standard InChI is InChI=1S/C25H29FN4O5S/c1-25(2,34)22-18(26)20(35-11-13-7-8-17(31)30(13)4)21(36-22)15-10-29(3)24(33)19-14(15)9-16(28-19)23(32)27-12-5-6-12/h9-10,12-13,28,34H,5-8,11H2,1-4H3,(H,27,32). The van der Waals surface area contributed by atoms with E-state index in [1.54, 1.807) is 31.3 Å². The van der Waals surface area contributed by atoms with E-state index in [0.717, 1.165) is 24.2 Å². The minimum atomic E-state index is -1.47. The maximum atomic E-state index is 15.7. The number of aromatic amines is 1. The van der Waals surface area contributed by atoms with Crippen LogP contribution in [0.15, 0.2) is 17.1 Å². The van der Waals surface area contributed by atoms with Crippen molar-refractivity contribution in [3.05, 3.63) is 39.0 Å². The number of halogens is 1. The van der Waals surface area contributed by atoms with Crippen molar-refractivity contribution in [1.82, 2.24) is 19.8 Å². The quantitative estimate of drug-likeness (QED) is 0.447. The summed E-state index contributed by atoms with van der Waals surface area (Å²) in [5, 5.41) is 14.0. The molecule has 11 heteroatoms. The third-order valence-corrected chi connectivity index (χ3v) is 8.28. The van der Waals surface area contributed by atoms with Crippen LogP contribution in [0.2, 0.25) is 0 Å². The topological polar surface area (TPSA) is 117 Å². The first kappa shape index (κ1) is 24.5. The van der Waals surface area contributed by atoms with Crippen LogP contribution < -0.4 is 15.6 Å². The highest BCUT2D eigenvalue weighted by Gasteiger charge is 2.34. The van der Waals surface area contributed by atoms with E-state index in [1.165, 1.54) is 18.4 Å². The molecule has 9 nitrogen and oxygen atoms in total. The molecule has 0 bridgehead atoms. The number of likely N-dealkylation sites (tertiary alicyclic amines) is 1. The number of hydrogen-bond acceptors (Lipinski definition) is 6.